The van der Waals surface area contributed by atoms with Crippen LogP contribution >= 0.6 is 0 Å². The van der Waals surface area contributed by atoms with Gasteiger partial charge >= 0.3 is 5.97 Å². The first-order valence-corrected chi connectivity index (χ1v) is 4.90. The third-order valence-corrected chi connectivity index (χ3v) is 1.96. The first kappa shape index (κ1) is 11.5. The Balaban J connectivity index is 2.86. The molecule has 0 aliphatic heterocycles. The molecule has 0 aliphatic rings. The molecular weight excluding hydrogens is 194 g/mol. The lowest BCUT2D eigenvalue weighted by Gasteiger charge is -2.15. The number of rotatable bonds is 3. The predicted octanol–water partition coefficient (Wildman–Crippen LogP) is 1.36. The van der Waals surface area contributed by atoms with Gasteiger partial charge in [-0.25, -0.2) is 4.79 Å². The molecule has 1 rings (SSSR count). The number of esters is 1. The highest BCUT2D eigenvalue weighted by Gasteiger charge is 2.17. The topological polar surface area (TPSA) is 48.3 Å². The van der Waals surface area contributed by atoms with Crippen molar-refractivity contribution in [2.24, 2.45) is 0 Å². The summed E-state index contributed by atoms with van der Waals surface area (Å²) in [7, 11) is 0. The van der Waals surface area contributed by atoms with Crippen LogP contribution in [0.4, 0.5) is 0 Å². The Morgan fingerprint density at radius 1 is 1.33 bits per heavy atom. The van der Waals surface area contributed by atoms with Crippen molar-refractivity contribution < 1.29 is 9.53 Å². The molecule has 0 fully saturated rings. The molecule has 1 aromatic rings. The van der Waals surface area contributed by atoms with Gasteiger partial charge in [-0.3, -0.25) is 4.79 Å². The molecule has 15 heavy (non-hydrogen) atoms. The van der Waals surface area contributed by atoms with Crippen molar-refractivity contribution in [1.29, 1.82) is 0 Å². The third-order valence-electron chi connectivity index (χ3n) is 1.96. The largest absolute Gasteiger partial charge is 0.461 e. The Kier molecular flexibility index (Phi) is 3.66. The van der Waals surface area contributed by atoms with Crippen molar-refractivity contribution in [1.82, 2.24) is 4.57 Å². The fourth-order valence-electron chi connectivity index (χ4n) is 1.20. The van der Waals surface area contributed by atoms with E-state index in [0.717, 1.165) is 0 Å². The molecule has 4 nitrogen and oxygen atoms in total. The molecule has 0 amide bonds. The van der Waals surface area contributed by atoms with E-state index >= 15 is 0 Å². The zero-order chi connectivity index (χ0) is 11.4. The number of aromatic nitrogens is 1. The molecule has 0 aromatic carbocycles. The molecule has 0 aliphatic carbocycles. The van der Waals surface area contributed by atoms with Crippen molar-refractivity contribution in [3.05, 3.63) is 34.7 Å². The number of ether oxygens (including phenoxy) is 1. The molecule has 0 spiro atoms. The van der Waals surface area contributed by atoms with E-state index in [1.165, 1.54) is 10.6 Å². The van der Waals surface area contributed by atoms with Crippen LogP contribution in [0.25, 0.3) is 0 Å². The minimum absolute atomic E-state index is 0.167. The Bertz CT molecular complexity index is 395. The van der Waals surface area contributed by atoms with Gasteiger partial charge in [-0.2, -0.15) is 0 Å². The highest BCUT2D eigenvalue weighted by molar-refractivity contribution is 5.73. The molecule has 0 bridgehead atoms. The first-order valence-electron chi connectivity index (χ1n) is 4.90. The van der Waals surface area contributed by atoms with Gasteiger partial charge in [-0.15, -0.1) is 0 Å². The van der Waals surface area contributed by atoms with Gasteiger partial charge in [0.2, 0.25) is 0 Å². The SMILES string of the molecule is CC(C)OC(=O)C(C)n1ccccc1=O. The van der Waals surface area contributed by atoms with Crippen LogP contribution in [0, 0.1) is 0 Å². The molecular formula is C11H15NO3. The number of carbonyl (C=O) groups is 1. The average molecular weight is 209 g/mol. The molecule has 0 N–H and O–H groups in total. The molecule has 0 saturated carbocycles. The van der Waals surface area contributed by atoms with Gasteiger partial charge in [-0.05, 0) is 26.8 Å². The van der Waals surface area contributed by atoms with E-state index in [1.807, 2.05) is 0 Å². The Morgan fingerprint density at radius 2 is 2.00 bits per heavy atom. The van der Waals surface area contributed by atoms with Crippen LogP contribution in [-0.2, 0) is 9.53 Å². The van der Waals surface area contributed by atoms with Crippen LogP contribution < -0.4 is 5.56 Å². The van der Waals surface area contributed by atoms with Gasteiger partial charge in [0.15, 0.2) is 0 Å². The van der Waals surface area contributed by atoms with Crippen molar-refractivity contribution >= 4 is 5.97 Å². The van der Waals surface area contributed by atoms with Crippen molar-refractivity contribution in [2.45, 2.75) is 32.9 Å². The summed E-state index contributed by atoms with van der Waals surface area (Å²) >= 11 is 0. The molecule has 4 heteroatoms. The summed E-state index contributed by atoms with van der Waals surface area (Å²) in [5.74, 6) is -0.390. The highest BCUT2D eigenvalue weighted by atomic mass is 16.5. The Labute approximate surface area is 88.5 Å². The summed E-state index contributed by atoms with van der Waals surface area (Å²) in [6.07, 6.45) is 1.41. The molecule has 0 saturated heterocycles. The standard InChI is InChI=1S/C11H15NO3/c1-8(2)15-11(14)9(3)12-7-5-4-6-10(12)13/h4-9H,1-3H3. The molecule has 1 heterocycles. The Morgan fingerprint density at radius 3 is 2.53 bits per heavy atom. The van der Waals surface area contributed by atoms with Crippen LogP contribution in [0.3, 0.4) is 0 Å². The van der Waals surface area contributed by atoms with E-state index in [4.69, 9.17) is 4.74 Å². The number of pyridine rings is 1. The summed E-state index contributed by atoms with van der Waals surface area (Å²) < 4.78 is 6.37. The summed E-state index contributed by atoms with van der Waals surface area (Å²) in [5.41, 5.74) is -0.203. The van der Waals surface area contributed by atoms with E-state index in [1.54, 1.807) is 39.1 Å². The maximum absolute atomic E-state index is 11.5. The number of hydrogen-bond donors (Lipinski definition) is 0. The zero-order valence-electron chi connectivity index (χ0n) is 9.14. The number of hydrogen-bond acceptors (Lipinski definition) is 3. The highest BCUT2D eigenvalue weighted by Crippen LogP contribution is 2.06. The molecule has 1 aromatic heterocycles. The van der Waals surface area contributed by atoms with E-state index in [-0.39, 0.29) is 11.7 Å². The van der Waals surface area contributed by atoms with Gasteiger partial charge in [0.05, 0.1) is 6.10 Å². The Hall–Kier alpha value is -1.58. The summed E-state index contributed by atoms with van der Waals surface area (Å²) in [6.45, 7) is 5.20. The molecule has 1 unspecified atom stereocenters. The number of carbonyl (C=O) groups excluding carboxylic acids is 1. The van der Waals surface area contributed by atoms with Gasteiger partial charge < -0.3 is 9.30 Å². The first-order chi connectivity index (χ1) is 7.02. The number of nitrogens with zero attached hydrogens (tertiary/aromatic N) is 1. The fourth-order valence-corrected chi connectivity index (χ4v) is 1.20. The lowest BCUT2D eigenvalue weighted by molar-refractivity contribution is -0.151. The summed E-state index contributed by atoms with van der Waals surface area (Å²) in [6, 6.07) is 4.18. The molecule has 1 atom stereocenters. The second kappa shape index (κ2) is 4.77. The second-order valence-electron chi connectivity index (χ2n) is 3.61. The van der Waals surface area contributed by atoms with Crippen LogP contribution in [0.5, 0.6) is 0 Å². The minimum Gasteiger partial charge on any atom is -0.461 e. The van der Waals surface area contributed by atoms with Crippen molar-refractivity contribution in [3.8, 4) is 0 Å². The van der Waals surface area contributed by atoms with Crippen molar-refractivity contribution in [2.75, 3.05) is 0 Å². The summed E-state index contributed by atoms with van der Waals surface area (Å²) in [5, 5.41) is 0. The van der Waals surface area contributed by atoms with E-state index < -0.39 is 12.0 Å². The maximum Gasteiger partial charge on any atom is 0.329 e. The van der Waals surface area contributed by atoms with E-state index in [2.05, 4.69) is 0 Å². The van der Waals surface area contributed by atoms with Crippen LogP contribution in [-0.4, -0.2) is 16.6 Å². The monoisotopic (exact) mass is 209 g/mol. The van der Waals surface area contributed by atoms with E-state index in [9.17, 15) is 9.59 Å². The lowest BCUT2D eigenvalue weighted by atomic mass is 10.3. The van der Waals surface area contributed by atoms with Gasteiger partial charge in [-0.1, -0.05) is 6.07 Å². The quantitative estimate of drug-likeness (QED) is 0.706. The molecule has 82 valence electrons. The van der Waals surface area contributed by atoms with Gasteiger partial charge in [0.1, 0.15) is 6.04 Å². The zero-order valence-corrected chi connectivity index (χ0v) is 9.14. The maximum atomic E-state index is 11.5. The smallest absolute Gasteiger partial charge is 0.329 e. The predicted molar refractivity (Wildman–Crippen MR) is 56.6 cm³/mol. The van der Waals surface area contributed by atoms with E-state index in [0.29, 0.717) is 0 Å². The van der Waals surface area contributed by atoms with Crippen molar-refractivity contribution in [3.63, 3.8) is 0 Å². The average Bonchev–Trinajstić information content (AvgIpc) is 2.16. The normalized spacial score (nSPS) is 12.5. The molecule has 0 radical (unpaired) electrons. The third kappa shape index (κ3) is 2.94. The second-order valence-corrected chi connectivity index (χ2v) is 3.61. The van der Waals surface area contributed by atoms with Crippen LogP contribution in [0.1, 0.15) is 26.8 Å². The van der Waals surface area contributed by atoms with Crippen LogP contribution in [0.2, 0.25) is 0 Å². The fraction of sp³-hybridized carbons (Fsp3) is 0.455. The van der Waals surface area contributed by atoms with Gasteiger partial charge in [0, 0.05) is 12.3 Å². The lowest BCUT2D eigenvalue weighted by Crippen LogP contribution is -2.29. The van der Waals surface area contributed by atoms with Crippen LogP contribution in [0.15, 0.2) is 29.2 Å². The van der Waals surface area contributed by atoms with Gasteiger partial charge in [0.25, 0.3) is 5.56 Å². The minimum atomic E-state index is -0.582. The summed E-state index contributed by atoms with van der Waals surface area (Å²) in [4.78, 5) is 22.9.